The molecule has 3 rings (SSSR count). The van der Waals surface area contributed by atoms with E-state index in [9.17, 15) is 0 Å². The highest BCUT2D eigenvalue weighted by molar-refractivity contribution is 14.0. The third-order valence-corrected chi connectivity index (χ3v) is 5.48. The molecule has 0 saturated heterocycles. The van der Waals surface area contributed by atoms with Crippen LogP contribution in [0.2, 0.25) is 0 Å². The van der Waals surface area contributed by atoms with Gasteiger partial charge >= 0.3 is 0 Å². The maximum absolute atomic E-state index is 6.12. The van der Waals surface area contributed by atoms with Gasteiger partial charge in [-0.3, -0.25) is 0 Å². The molecule has 0 fully saturated rings. The molecule has 0 amide bonds. The van der Waals surface area contributed by atoms with Crippen LogP contribution in [0.25, 0.3) is 0 Å². The number of nitrogens with one attached hydrogen (secondary N) is 2. The zero-order chi connectivity index (χ0) is 23.6. The summed E-state index contributed by atoms with van der Waals surface area (Å²) in [7, 11) is 1.97. The highest BCUT2D eigenvalue weighted by Crippen LogP contribution is 2.21. The topological polar surface area (TPSA) is 76.4 Å². The molecule has 184 valence electrons. The fraction of sp³-hybridized carbons (Fsp3) is 0.423. The highest BCUT2D eigenvalue weighted by atomic mass is 127. The molecule has 0 saturated carbocycles. The van der Waals surface area contributed by atoms with E-state index >= 15 is 0 Å². The molecule has 0 atom stereocenters. The van der Waals surface area contributed by atoms with E-state index in [1.54, 1.807) is 0 Å². The fourth-order valence-electron chi connectivity index (χ4n) is 3.22. The number of aryl methyl sites for hydroxylation is 2. The number of benzene rings is 2. The van der Waals surface area contributed by atoms with Gasteiger partial charge in [0, 0.05) is 19.2 Å². The Bertz CT molecular complexity index is 1050. The summed E-state index contributed by atoms with van der Waals surface area (Å²) in [5.41, 5.74) is 3.45. The lowest BCUT2D eigenvalue weighted by atomic mass is 10.1. The summed E-state index contributed by atoms with van der Waals surface area (Å²) in [6.07, 6.45) is 1.03. The minimum Gasteiger partial charge on any atom is -0.493 e. The second kappa shape index (κ2) is 13.9. The Morgan fingerprint density at radius 3 is 2.44 bits per heavy atom. The van der Waals surface area contributed by atoms with Crippen LogP contribution >= 0.6 is 24.0 Å². The fourth-order valence-corrected chi connectivity index (χ4v) is 3.22. The van der Waals surface area contributed by atoms with Crippen molar-refractivity contribution in [1.29, 1.82) is 0 Å². The number of rotatable bonds is 10. The third-order valence-electron chi connectivity index (χ3n) is 5.48. The Kier molecular flexibility index (Phi) is 11.3. The van der Waals surface area contributed by atoms with Crippen molar-refractivity contribution in [2.75, 3.05) is 6.61 Å². The van der Waals surface area contributed by atoms with Gasteiger partial charge in [-0.1, -0.05) is 56.3 Å². The predicted octanol–water partition coefficient (Wildman–Crippen LogP) is 4.91. The van der Waals surface area contributed by atoms with E-state index in [-0.39, 0.29) is 24.0 Å². The van der Waals surface area contributed by atoms with Crippen molar-refractivity contribution in [1.82, 2.24) is 25.4 Å². The number of halogens is 1. The molecule has 8 heteroatoms. The standard InChI is InChI=1S/C26H36N6O.HI/c1-19(2)13-14-33-24-15-20(3)11-12-23(24)17-28-26(27-16-22-9-7-6-8-10-22)29-18-25-31-30-21(4)32(25)5;/h6-12,15,19H,13-14,16-18H2,1-5H3,(H2,27,28,29);1H. The summed E-state index contributed by atoms with van der Waals surface area (Å²) >= 11 is 0. The smallest absolute Gasteiger partial charge is 0.192 e. The van der Waals surface area contributed by atoms with E-state index in [1.165, 1.54) is 5.56 Å². The molecular weight excluding hydrogens is 539 g/mol. The third kappa shape index (κ3) is 8.62. The van der Waals surface area contributed by atoms with Gasteiger partial charge in [0.15, 0.2) is 11.8 Å². The summed E-state index contributed by atoms with van der Waals surface area (Å²) in [6.45, 7) is 10.9. The number of nitrogens with zero attached hydrogens (tertiary/aromatic N) is 4. The van der Waals surface area contributed by atoms with Crippen LogP contribution in [0.5, 0.6) is 5.75 Å². The zero-order valence-electron chi connectivity index (χ0n) is 20.8. The number of aromatic nitrogens is 3. The Balaban J connectivity index is 0.00000408. The molecule has 0 aliphatic heterocycles. The van der Waals surface area contributed by atoms with Gasteiger partial charge in [0.05, 0.1) is 19.7 Å². The van der Waals surface area contributed by atoms with E-state index in [1.807, 2.05) is 36.7 Å². The molecule has 3 aromatic rings. The summed E-state index contributed by atoms with van der Waals surface area (Å²) < 4.78 is 8.09. The Morgan fingerprint density at radius 1 is 1.03 bits per heavy atom. The molecule has 2 N–H and O–H groups in total. The molecule has 1 aromatic heterocycles. The van der Waals surface area contributed by atoms with E-state index in [2.05, 4.69) is 71.9 Å². The van der Waals surface area contributed by atoms with Gasteiger partial charge in [-0.25, -0.2) is 4.99 Å². The van der Waals surface area contributed by atoms with Gasteiger partial charge in [-0.05, 0) is 43.4 Å². The molecule has 2 aromatic carbocycles. The van der Waals surface area contributed by atoms with Crippen LogP contribution in [0.3, 0.4) is 0 Å². The summed E-state index contributed by atoms with van der Waals surface area (Å²) in [6, 6.07) is 16.6. The summed E-state index contributed by atoms with van der Waals surface area (Å²) in [5.74, 6) is 3.99. The highest BCUT2D eigenvalue weighted by Gasteiger charge is 2.09. The molecule has 0 aliphatic carbocycles. The molecule has 0 spiro atoms. The molecule has 0 unspecified atom stereocenters. The van der Waals surface area contributed by atoms with E-state index in [0.717, 1.165) is 34.9 Å². The lowest BCUT2D eigenvalue weighted by Gasteiger charge is -2.16. The van der Waals surface area contributed by atoms with Crippen molar-refractivity contribution in [2.24, 2.45) is 18.0 Å². The van der Waals surface area contributed by atoms with Crippen LogP contribution in [0.4, 0.5) is 0 Å². The first-order valence-electron chi connectivity index (χ1n) is 11.6. The number of hydrogen-bond acceptors (Lipinski definition) is 4. The van der Waals surface area contributed by atoms with Crippen LogP contribution < -0.4 is 15.4 Å². The summed E-state index contributed by atoms with van der Waals surface area (Å²) in [4.78, 5) is 4.79. The van der Waals surface area contributed by atoms with Crippen molar-refractivity contribution in [3.05, 3.63) is 76.9 Å². The number of aliphatic imine (C=N–C) groups is 1. The lowest BCUT2D eigenvalue weighted by Crippen LogP contribution is -2.37. The second-order valence-electron chi connectivity index (χ2n) is 8.72. The first-order valence-corrected chi connectivity index (χ1v) is 11.6. The second-order valence-corrected chi connectivity index (χ2v) is 8.72. The van der Waals surface area contributed by atoms with Crippen LogP contribution in [0, 0.1) is 19.8 Å². The predicted molar refractivity (Wildman–Crippen MR) is 149 cm³/mol. The minimum absolute atomic E-state index is 0. The van der Waals surface area contributed by atoms with Crippen LogP contribution in [-0.4, -0.2) is 27.3 Å². The van der Waals surface area contributed by atoms with Gasteiger partial charge in [-0.2, -0.15) is 0 Å². The number of hydrogen-bond donors (Lipinski definition) is 2. The molecule has 7 nitrogen and oxygen atoms in total. The molecular formula is C26H37IN6O. The van der Waals surface area contributed by atoms with Gasteiger partial charge in [-0.15, -0.1) is 34.2 Å². The van der Waals surface area contributed by atoms with E-state index in [4.69, 9.17) is 9.73 Å². The van der Waals surface area contributed by atoms with Crippen molar-refractivity contribution in [3.8, 4) is 5.75 Å². The number of guanidine groups is 1. The van der Waals surface area contributed by atoms with Crippen LogP contribution in [-0.2, 0) is 26.7 Å². The Labute approximate surface area is 220 Å². The SMILES string of the molecule is Cc1ccc(CNC(=NCc2ccccc2)NCc2nnc(C)n2C)c(OCCC(C)C)c1.I. The maximum Gasteiger partial charge on any atom is 0.192 e. The normalized spacial score (nSPS) is 11.3. The van der Waals surface area contributed by atoms with Gasteiger partial charge in [0.25, 0.3) is 0 Å². The Hall–Kier alpha value is -2.62. The summed E-state index contributed by atoms with van der Waals surface area (Å²) in [5, 5.41) is 15.2. The average Bonchev–Trinajstić information content (AvgIpc) is 3.12. The van der Waals surface area contributed by atoms with Crippen molar-refractivity contribution in [2.45, 2.75) is 53.8 Å². The average molecular weight is 577 g/mol. The van der Waals surface area contributed by atoms with Crippen LogP contribution in [0.15, 0.2) is 53.5 Å². The van der Waals surface area contributed by atoms with Crippen LogP contribution in [0.1, 0.15) is 48.6 Å². The zero-order valence-corrected chi connectivity index (χ0v) is 23.2. The minimum atomic E-state index is 0. The first kappa shape index (κ1) is 27.6. The molecule has 0 bridgehead atoms. The molecule has 0 aliphatic rings. The molecule has 0 radical (unpaired) electrons. The van der Waals surface area contributed by atoms with E-state index in [0.29, 0.717) is 38.1 Å². The van der Waals surface area contributed by atoms with Crippen molar-refractivity contribution in [3.63, 3.8) is 0 Å². The van der Waals surface area contributed by atoms with Crippen molar-refractivity contribution >= 4 is 29.9 Å². The van der Waals surface area contributed by atoms with Gasteiger partial charge in [0.1, 0.15) is 11.6 Å². The molecule has 34 heavy (non-hydrogen) atoms. The Morgan fingerprint density at radius 2 is 1.76 bits per heavy atom. The van der Waals surface area contributed by atoms with Gasteiger partial charge < -0.3 is 19.9 Å². The maximum atomic E-state index is 6.12. The first-order chi connectivity index (χ1) is 15.9. The lowest BCUT2D eigenvalue weighted by molar-refractivity contribution is 0.286. The quantitative estimate of drug-likeness (QED) is 0.204. The number of ether oxygens (including phenoxy) is 1. The van der Waals surface area contributed by atoms with Crippen molar-refractivity contribution < 1.29 is 4.74 Å². The van der Waals surface area contributed by atoms with Gasteiger partial charge in [0.2, 0.25) is 0 Å². The molecule has 1 heterocycles. The largest absolute Gasteiger partial charge is 0.493 e. The monoisotopic (exact) mass is 576 g/mol. The van der Waals surface area contributed by atoms with E-state index < -0.39 is 0 Å².